The molecule has 0 saturated carbocycles. The summed E-state index contributed by atoms with van der Waals surface area (Å²) in [6.07, 6.45) is 8.53. The summed E-state index contributed by atoms with van der Waals surface area (Å²) in [5, 5.41) is 1.42. The summed E-state index contributed by atoms with van der Waals surface area (Å²) in [6, 6.07) is 10.9. The van der Waals surface area contributed by atoms with Crippen LogP contribution in [0.1, 0.15) is 45.4 Å². The molecular formula is C14H22Se. The Balaban J connectivity index is 1.93. The molecule has 0 nitrogen and oxygen atoms in total. The van der Waals surface area contributed by atoms with Crippen LogP contribution in [0.3, 0.4) is 0 Å². The van der Waals surface area contributed by atoms with Crippen LogP contribution < -0.4 is 4.46 Å². The minimum absolute atomic E-state index is 0.714. The monoisotopic (exact) mass is 270 g/mol. The van der Waals surface area contributed by atoms with Gasteiger partial charge in [-0.3, -0.25) is 0 Å². The maximum absolute atomic E-state index is 2.28. The third-order valence-corrected chi connectivity index (χ3v) is 4.81. The van der Waals surface area contributed by atoms with E-state index < -0.39 is 0 Å². The predicted molar refractivity (Wildman–Crippen MR) is 70.0 cm³/mol. The van der Waals surface area contributed by atoms with Crippen molar-refractivity contribution in [3.05, 3.63) is 30.3 Å². The van der Waals surface area contributed by atoms with Crippen molar-refractivity contribution in [2.24, 2.45) is 0 Å². The van der Waals surface area contributed by atoms with Gasteiger partial charge in [-0.05, 0) is 0 Å². The van der Waals surface area contributed by atoms with Crippen molar-refractivity contribution in [2.75, 3.05) is 0 Å². The predicted octanol–water partition coefficient (Wildman–Crippen LogP) is 3.79. The van der Waals surface area contributed by atoms with E-state index in [0.29, 0.717) is 15.0 Å². The molecule has 0 fully saturated rings. The molecule has 84 valence electrons. The second-order valence-electron chi connectivity index (χ2n) is 3.93. The summed E-state index contributed by atoms with van der Waals surface area (Å²) in [6.45, 7) is 2.28. The van der Waals surface area contributed by atoms with Crippen molar-refractivity contribution in [1.29, 1.82) is 0 Å². The third-order valence-electron chi connectivity index (χ3n) is 2.51. The second kappa shape index (κ2) is 9.00. The fraction of sp³-hybridized carbons (Fsp3) is 0.571. The Morgan fingerprint density at radius 1 is 0.867 bits per heavy atom. The van der Waals surface area contributed by atoms with Gasteiger partial charge in [0.15, 0.2) is 0 Å². The van der Waals surface area contributed by atoms with Gasteiger partial charge in [-0.15, -0.1) is 0 Å². The van der Waals surface area contributed by atoms with Crippen LogP contribution in [-0.2, 0) is 0 Å². The van der Waals surface area contributed by atoms with E-state index in [9.17, 15) is 0 Å². The first kappa shape index (κ1) is 12.8. The summed E-state index contributed by atoms with van der Waals surface area (Å²) < 4.78 is 1.55. The van der Waals surface area contributed by atoms with E-state index in [4.69, 9.17) is 0 Å². The fourth-order valence-corrected chi connectivity index (χ4v) is 3.55. The standard InChI is InChI=1S/C14H22Se/c1-2-3-4-5-6-10-13-15-14-11-8-7-9-12-14/h7-9,11-12H,2-6,10,13H2,1H3. The van der Waals surface area contributed by atoms with Gasteiger partial charge in [-0.1, -0.05) is 0 Å². The molecule has 1 heteroatoms. The van der Waals surface area contributed by atoms with Gasteiger partial charge in [-0.25, -0.2) is 0 Å². The van der Waals surface area contributed by atoms with Crippen molar-refractivity contribution in [3.63, 3.8) is 0 Å². The number of hydrogen-bond acceptors (Lipinski definition) is 0. The quantitative estimate of drug-likeness (QED) is 0.497. The zero-order chi connectivity index (χ0) is 10.8. The molecule has 0 amide bonds. The number of benzene rings is 1. The fourth-order valence-electron chi connectivity index (χ4n) is 1.59. The molecule has 0 heterocycles. The summed E-state index contributed by atoms with van der Waals surface area (Å²) in [7, 11) is 0. The van der Waals surface area contributed by atoms with E-state index in [0.717, 1.165) is 0 Å². The van der Waals surface area contributed by atoms with Crippen molar-refractivity contribution in [2.45, 2.75) is 50.8 Å². The summed E-state index contributed by atoms with van der Waals surface area (Å²) in [5.74, 6) is 0. The Hall–Kier alpha value is -0.261. The summed E-state index contributed by atoms with van der Waals surface area (Å²) in [4.78, 5) is 0. The molecule has 0 unspecified atom stereocenters. The molecule has 15 heavy (non-hydrogen) atoms. The van der Waals surface area contributed by atoms with Gasteiger partial charge in [-0.2, -0.15) is 0 Å². The third kappa shape index (κ3) is 6.76. The number of hydrogen-bond donors (Lipinski definition) is 0. The molecular weight excluding hydrogens is 247 g/mol. The van der Waals surface area contributed by atoms with Crippen LogP contribution in [0.2, 0.25) is 5.32 Å². The van der Waals surface area contributed by atoms with Gasteiger partial charge >= 0.3 is 101 Å². The molecule has 0 aliphatic heterocycles. The first-order valence-electron chi connectivity index (χ1n) is 6.11. The van der Waals surface area contributed by atoms with Gasteiger partial charge in [0.1, 0.15) is 0 Å². The molecule has 1 aromatic rings. The van der Waals surface area contributed by atoms with Crippen LogP contribution in [0.15, 0.2) is 30.3 Å². The topological polar surface area (TPSA) is 0 Å². The van der Waals surface area contributed by atoms with Crippen LogP contribution >= 0.6 is 0 Å². The Morgan fingerprint density at radius 2 is 1.53 bits per heavy atom. The number of rotatable bonds is 8. The average Bonchev–Trinajstić information content (AvgIpc) is 2.29. The van der Waals surface area contributed by atoms with Crippen LogP contribution in [0, 0.1) is 0 Å². The first-order valence-corrected chi connectivity index (χ1v) is 8.18. The van der Waals surface area contributed by atoms with E-state index >= 15 is 0 Å². The number of unbranched alkanes of at least 4 members (excludes halogenated alkanes) is 5. The van der Waals surface area contributed by atoms with Crippen molar-refractivity contribution in [1.82, 2.24) is 0 Å². The first-order chi connectivity index (χ1) is 7.43. The molecule has 0 aromatic heterocycles. The summed E-state index contributed by atoms with van der Waals surface area (Å²) >= 11 is 0.714. The van der Waals surface area contributed by atoms with Crippen LogP contribution in [0.5, 0.6) is 0 Å². The Labute approximate surface area is 101 Å². The SMILES string of the molecule is CCCCCCCC[Se]c1ccccc1. The molecule has 0 atom stereocenters. The maximum atomic E-state index is 2.28. The van der Waals surface area contributed by atoms with E-state index in [2.05, 4.69) is 37.3 Å². The van der Waals surface area contributed by atoms with Gasteiger partial charge in [0, 0.05) is 0 Å². The molecule has 0 N–H and O–H groups in total. The van der Waals surface area contributed by atoms with Gasteiger partial charge in [0.25, 0.3) is 0 Å². The molecule has 0 spiro atoms. The van der Waals surface area contributed by atoms with Crippen molar-refractivity contribution in [3.8, 4) is 0 Å². The molecule has 1 aromatic carbocycles. The van der Waals surface area contributed by atoms with E-state index in [-0.39, 0.29) is 0 Å². The molecule has 0 aliphatic carbocycles. The Kier molecular flexibility index (Phi) is 7.69. The summed E-state index contributed by atoms with van der Waals surface area (Å²) in [5.41, 5.74) is 0. The minimum atomic E-state index is 0.714. The van der Waals surface area contributed by atoms with Crippen molar-refractivity contribution < 1.29 is 0 Å². The van der Waals surface area contributed by atoms with E-state index in [1.807, 2.05) is 0 Å². The zero-order valence-electron chi connectivity index (χ0n) is 9.74. The molecule has 0 saturated heterocycles. The zero-order valence-corrected chi connectivity index (χ0v) is 11.5. The molecule has 0 radical (unpaired) electrons. The van der Waals surface area contributed by atoms with Crippen LogP contribution in [-0.4, -0.2) is 15.0 Å². The molecule has 0 bridgehead atoms. The van der Waals surface area contributed by atoms with Gasteiger partial charge in [0.05, 0.1) is 0 Å². The van der Waals surface area contributed by atoms with Gasteiger partial charge < -0.3 is 0 Å². The molecule has 1 rings (SSSR count). The van der Waals surface area contributed by atoms with Crippen LogP contribution in [0.25, 0.3) is 0 Å². The van der Waals surface area contributed by atoms with E-state index in [1.54, 1.807) is 4.46 Å². The second-order valence-corrected chi connectivity index (χ2v) is 6.38. The van der Waals surface area contributed by atoms with Crippen molar-refractivity contribution >= 4 is 19.4 Å². The Bertz CT molecular complexity index is 230. The molecule has 0 aliphatic rings. The normalized spacial score (nSPS) is 10.5. The van der Waals surface area contributed by atoms with Gasteiger partial charge in [0.2, 0.25) is 0 Å². The van der Waals surface area contributed by atoms with Crippen LogP contribution in [0.4, 0.5) is 0 Å². The van der Waals surface area contributed by atoms with E-state index in [1.165, 1.54) is 43.8 Å². The average molecular weight is 269 g/mol. The Morgan fingerprint density at radius 3 is 2.27 bits per heavy atom.